The van der Waals surface area contributed by atoms with Crippen molar-refractivity contribution in [3.8, 4) is 5.75 Å². The van der Waals surface area contributed by atoms with Crippen molar-refractivity contribution in [2.24, 2.45) is 0 Å². The SMILES string of the molecule is O=C(O)c1c2cc(O)ccc2nc2cc3ccccc3cc12. The quantitative estimate of drug-likeness (QED) is 0.521. The molecule has 0 unspecified atom stereocenters. The van der Waals surface area contributed by atoms with E-state index < -0.39 is 5.97 Å². The van der Waals surface area contributed by atoms with Crippen LogP contribution in [-0.4, -0.2) is 21.2 Å². The van der Waals surface area contributed by atoms with Crippen molar-refractivity contribution in [2.75, 3.05) is 0 Å². The molecule has 1 aromatic heterocycles. The van der Waals surface area contributed by atoms with E-state index in [-0.39, 0.29) is 11.3 Å². The van der Waals surface area contributed by atoms with E-state index in [2.05, 4.69) is 4.98 Å². The summed E-state index contributed by atoms with van der Waals surface area (Å²) >= 11 is 0. The molecule has 0 aliphatic carbocycles. The molecule has 0 saturated heterocycles. The summed E-state index contributed by atoms with van der Waals surface area (Å²) in [6.45, 7) is 0. The number of pyridine rings is 1. The largest absolute Gasteiger partial charge is 0.508 e. The third kappa shape index (κ3) is 1.78. The number of phenolic OH excluding ortho intramolecular Hbond substituents is 1. The lowest BCUT2D eigenvalue weighted by Crippen LogP contribution is -2.01. The number of hydrogen-bond acceptors (Lipinski definition) is 3. The van der Waals surface area contributed by atoms with Gasteiger partial charge in [0.25, 0.3) is 0 Å². The Morgan fingerprint density at radius 1 is 0.864 bits per heavy atom. The van der Waals surface area contributed by atoms with E-state index in [0.717, 1.165) is 10.8 Å². The van der Waals surface area contributed by atoms with Gasteiger partial charge in [0.15, 0.2) is 0 Å². The van der Waals surface area contributed by atoms with E-state index >= 15 is 0 Å². The number of aromatic nitrogens is 1. The van der Waals surface area contributed by atoms with Crippen LogP contribution in [0.3, 0.4) is 0 Å². The van der Waals surface area contributed by atoms with Crippen molar-refractivity contribution in [3.63, 3.8) is 0 Å². The average molecular weight is 289 g/mol. The van der Waals surface area contributed by atoms with Crippen LogP contribution in [0.4, 0.5) is 0 Å². The monoisotopic (exact) mass is 289 g/mol. The summed E-state index contributed by atoms with van der Waals surface area (Å²) in [4.78, 5) is 16.3. The Hall–Kier alpha value is -3.14. The van der Waals surface area contributed by atoms with Crippen molar-refractivity contribution in [2.45, 2.75) is 0 Å². The van der Waals surface area contributed by atoms with Crippen molar-refractivity contribution in [1.82, 2.24) is 4.98 Å². The first-order valence-corrected chi connectivity index (χ1v) is 6.82. The summed E-state index contributed by atoms with van der Waals surface area (Å²) < 4.78 is 0. The summed E-state index contributed by atoms with van der Waals surface area (Å²) in [6, 6.07) is 16.1. The molecule has 4 nitrogen and oxygen atoms in total. The lowest BCUT2D eigenvalue weighted by Gasteiger charge is -2.09. The number of nitrogens with zero attached hydrogens (tertiary/aromatic N) is 1. The second-order valence-corrected chi connectivity index (χ2v) is 5.21. The molecule has 0 aliphatic rings. The first-order chi connectivity index (χ1) is 10.6. The predicted octanol–water partition coefficient (Wildman–Crippen LogP) is 3.95. The third-order valence-corrected chi connectivity index (χ3v) is 3.84. The summed E-state index contributed by atoms with van der Waals surface area (Å²) in [5.74, 6) is -1.00. The fourth-order valence-electron chi connectivity index (χ4n) is 2.85. The smallest absolute Gasteiger partial charge is 0.337 e. The molecule has 4 heteroatoms. The maximum absolute atomic E-state index is 11.8. The summed E-state index contributed by atoms with van der Waals surface area (Å²) in [7, 11) is 0. The van der Waals surface area contributed by atoms with Crippen LogP contribution < -0.4 is 0 Å². The Labute approximate surface area is 125 Å². The molecule has 4 rings (SSSR count). The van der Waals surface area contributed by atoms with Gasteiger partial charge < -0.3 is 10.2 Å². The van der Waals surface area contributed by atoms with Crippen molar-refractivity contribution < 1.29 is 15.0 Å². The lowest BCUT2D eigenvalue weighted by atomic mass is 9.99. The minimum absolute atomic E-state index is 0.0249. The molecule has 0 fully saturated rings. The molecular weight excluding hydrogens is 278 g/mol. The zero-order valence-corrected chi connectivity index (χ0v) is 11.4. The molecule has 0 radical (unpaired) electrons. The van der Waals surface area contributed by atoms with Gasteiger partial charge in [0.2, 0.25) is 0 Å². The highest BCUT2D eigenvalue weighted by Gasteiger charge is 2.16. The number of phenols is 1. The van der Waals surface area contributed by atoms with Crippen LogP contribution in [-0.2, 0) is 0 Å². The molecule has 0 atom stereocenters. The molecule has 0 amide bonds. The number of benzene rings is 3. The number of carbonyl (C=O) groups is 1. The Balaban J connectivity index is 2.27. The molecule has 3 aromatic carbocycles. The first kappa shape index (κ1) is 12.6. The van der Waals surface area contributed by atoms with Gasteiger partial charge >= 0.3 is 5.97 Å². The van der Waals surface area contributed by atoms with E-state index in [1.807, 2.05) is 36.4 Å². The van der Waals surface area contributed by atoms with Crippen LogP contribution in [0.15, 0.2) is 54.6 Å². The number of carboxylic acid groups (broad SMARTS) is 1. The molecule has 4 aromatic rings. The third-order valence-electron chi connectivity index (χ3n) is 3.84. The number of aromatic hydroxyl groups is 1. The van der Waals surface area contributed by atoms with Gasteiger partial charge in [-0.1, -0.05) is 24.3 Å². The fourth-order valence-corrected chi connectivity index (χ4v) is 2.85. The van der Waals surface area contributed by atoms with Crippen LogP contribution in [0.1, 0.15) is 10.4 Å². The van der Waals surface area contributed by atoms with Gasteiger partial charge in [-0.05, 0) is 41.1 Å². The van der Waals surface area contributed by atoms with Gasteiger partial charge in [0, 0.05) is 10.8 Å². The second-order valence-electron chi connectivity index (χ2n) is 5.21. The minimum atomic E-state index is -1.03. The van der Waals surface area contributed by atoms with E-state index in [9.17, 15) is 15.0 Å². The van der Waals surface area contributed by atoms with E-state index in [1.165, 1.54) is 12.1 Å². The van der Waals surface area contributed by atoms with Crippen molar-refractivity contribution in [3.05, 3.63) is 60.2 Å². The normalized spacial score (nSPS) is 11.3. The van der Waals surface area contributed by atoms with Crippen LogP contribution in [0.25, 0.3) is 32.6 Å². The van der Waals surface area contributed by atoms with Gasteiger partial charge in [-0.25, -0.2) is 9.78 Å². The fraction of sp³-hybridized carbons (Fsp3) is 0. The molecule has 22 heavy (non-hydrogen) atoms. The predicted molar refractivity (Wildman–Crippen MR) is 85.4 cm³/mol. The molecule has 1 heterocycles. The zero-order chi connectivity index (χ0) is 15.3. The summed E-state index contributed by atoms with van der Waals surface area (Å²) in [5, 5.41) is 22.3. The molecule has 2 N–H and O–H groups in total. The number of aromatic carboxylic acids is 1. The van der Waals surface area contributed by atoms with Crippen molar-refractivity contribution in [1.29, 1.82) is 0 Å². The van der Waals surface area contributed by atoms with E-state index in [0.29, 0.717) is 21.8 Å². The Kier molecular flexibility index (Phi) is 2.53. The Morgan fingerprint density at radius 3 is 2.27 bits per heavy atom. The molecule has 0 aliphatic heterocycles. The van der Waals surface area contributed by atoms with Gasteiger partial charge in [-0.2, -0.15) is 0 Å². The summed E-state index contributed by atoms with van der Waals surface area (Å²) in [5.41, 5.74) is 1.36. The number of hydrogen-bond donors (Lipinski definition) is 2. The van der Waals surface area contributed by atoms with Crippen LogP contribution in [0, 0.1) is 0 Å². The van der Waals surface area contributed by atoms with Gasteiger partial charge in [0.05, 0.1) is 16.6 Å². The number of fused-ring (bicyclic) bond motifs is 3. The molecule has 0 bridgehead atoms. The average Bonchev–Trinajstić information content (AvgIpc) is 2.50. The maximum Gasteiger partial charge on any atom is 0.337 e. The van der Waals surface area contributed by atoms with Gasteiger partial charge in [-0.3, -0.25) is 0 Å². The van der Waals surface area contributed by atoms with Crippen LogP contribution >= 0.6 is 0 Å². The number of rotatable bonds is 1. The minimum Gasteiger partial charge on any atom is -0.508 e. The standard InChI is InChI=1S/C18H11NO3/c20-12-5-6-15-14(9-12)17(18(21)22)13-7-10-3-1-2-4-11(10)8-16(13)19-15/h1-9,20H,(H,21,22). The summed E-state index contributed by atoms with van der Waals surface area (Å²) in [6.07, 6.45) is 0. The molecule has 106 valence electrons. The van der Waals surface area contributed by atoms with E-state index in [1.54, 1.807) is 6.07 Å². The Bertz CT molecular complexity index is 1070. The zero-order valence-electron chi connectivity index (χ0n) is 11.4. The topological polar surface area (TPSA) is 70.4 Å². The van der Waals surface area contributed by atoms with Crippen molar-refractivity contribution >= 4 is 38.5 Å². The lowest BCUT2D eigenvalue weighted by molar-refractivity contribution is 0.0701. The number of carboxylic acids is 1. The Morgan fingerprint density at radius 2 is 1.55 bits per heavy atom. The highest BCUT2D eigenvalue weighted by molar-refractivity contribution is 6.16. The van der Waals surface area contributed by atoms with Crippen LogP contribution in [0.5, 0.6) is 5.75 Å². The van der Waals surface area contributed by atoms with Gasteiger partial charge in [-0.15, -0.1) is 0 Å². The maximum atomic E-state index is 11.8. The highest BCUT2D eigenvalue weighted by atomic mass is 16.4. The molecule has 0 saturated carbocycles. The van der Waals surface area contributed by atoms with E-state index in [4.69, 9.17) is 0 Å². The second kappa shape index (κ2) is 4.43. The first-order valence-electron chi connectivity index (χ1n) is 6.82. The molecular formula is C18H11NO3. The molecule has 0 spiro atoms. The highest BCUT2D eigenvalue weighted by Crippen LogP contribution is 2.31. The van der Waals surface area contributed by atoms with Crippen LogP contribution in [0.2, 0.25) is 0 Å². The van der Waals surface area contributed by atoms with Gasteiger partial charge in [0.1, 0.15) is 5.75 Å².